The second kappa shape index (κ2) is 11.5. The predicted molar refractivity (Wildman–Crippen MR) is 150 cm³/mol. The molecule has 2 aliphatic rings. The number of hydrogen-bond acceptors (Lipinski definition) is 4. The average molecular weight is 522 g/mol. The van der Waals surface area contributed by atoms with Gasteiger partial charge in [-0.2, -0.15) is 0 Å². The zero-order valence-electron chi connectivity index (χ0n) is 22.9. The van der Waals surface area contributed by atoms with Crippen molar-refractivity contribution in [3.8, 4) is 17.0 Å². The van der Waals surface area contributed by atoms with Crippen molar-refractivity contribution < 1.29 is 19.0 Å². The summed E-state index contributed by atoms with van der Waals surface area (Å²) in [6.07, 6.45) is 3.38. The van der Waals surface area contributed by atoms with Crippen LogP contribution >= 0.6 is 0 Å². The van der Waals surface area contributed by atoms with Crippen LogP contribution in [0.25, 0.3) is 22.2 Å². The Kier molecular flexibility index (Phi) is 8.05. The fraction of sp³-hybridized carbons (Fsp3) is 0.516. The van der Waals surface area contributed by atoms with Crippen molar-refractivity contribution in [1.29, 1.82) is 0 Å². The van der Waals surface area contributed by atoms with Gasteiger partial charge in [0.2, 0.25) is 0 Å². The molecule has 38 heavy (non-hydrogen) atoms. The van der Waals surface area contributed by atoms with Gasteiger partial charge < -0.3 is 19.3 Å². The predicted octanol–water partition coefficient (Wildman–Crippen LogP) is 6.17. The van der Waals surface area contributed by atoms with Crippen LogP contribution < -0.4 is 4.74 Å². The Morgan fingerprint density at radius 3 is 2.68 bits per heavy atom. The summed E-state index contributed by atoms with van der Waals surface area (Å²) in [5.41, 5.74) is 5.53. The van der Waals surface area contributed by atoms with Crippen molar-refractivity contribution in [2.75, 3.05) is 40.3 Å². The third-order valence-corrected chi connectivity index (χ3v) is 8.11. The van der Waals surface area contributed by atoms with Crippen molar-refractivity contribution >= 4 is 16.9 Å². The van der Waals surface area contributed by atoms with Gasteiger partial charge in [-0.3, -0.25) is 4.90 Å². The summed E-state index contributed by atoms with van der Waals surface area (Å²) in [7, 11) is 4.17. The van der Waals surface area contributed by atoms with Crippen LogP contribution in [0.3, 0.4) is 0 Å². The molecule has 1 saturated carbocycles. The van der Waals surface area contributed by atoms with Crippen molar-refractivity contribution in [2.45, 2.75) is 64.2 Å². The summed E-state index contributed by atoms with van der Waals surface area (Å²) in [4.78, 5) is 16.6. The molecule has 2 aromatic carbocycles. The lowest BCUT2D eigenvalue weighted by Crippen LogP contribution is -2.35. The van der Waals surface area contributed by atoms with E-state index in [-0.39, 0.29) is 11.5 Å². The molecule has 5 rings (SSSR count). The average Bonchev–Trinajstić information content (AvgIpc) is 3.20. The first-order chi connectivity index (χ1) is 18.4. The monoisotopic (exact) mass is 521 g/mol. The number of aromatic nitrogens is 1. The van der Waals surface area contributed by atoms with Crippen molar-refractivity contribution in [2.24, 2.45) is 0 Å². The Hall–Kier alpha value is -2.90. The molecule has 1 N–H and O–H groups in total. The van der Waals surface area contributed by atoms with E-state index in [0.717, 1.165) is 91.9 Å². The summed E-state index contributed by atoms with van der Waals surface area (Å²) in [6.45, 7) is 6.97. The molecule has 1 aromatic heterocycles. The van der Waals surface area contributed by atoms with Gasteiger partial charge in [-0.25, -0.2) is 9.18 Å². The van der Waals surface area contributed by atoms with Crippen LogP contribution in [0.4, 0.5) is 4.39 Å². The highest BCUT2D eigenvalue weighted by Crippen LogP contribution is 2.47. The number of nitrogens with zero attached hydrogens (tertiary/aromatic N) is 3. The molecule has 0 saturated heterocycles. The number of carboxylic acids is 1. The first-order valence-electron chi connectivity index (χ1n) is 14.0. The van der Waals surface area contributed by atoms with Gasteiger partial charge in [-0.1, -0.05) is 25.8 Å². The molecule has 0 radical (unpaired) electrons. The van der Waals surface area contributed by atoms with Crippen LogP contribution in [-0.4, -0.2) is 72.0 Å². The van der Waals surface area contributed by atoms with Gasteiger partial charge in [-0.05, 0) is 74.8 Å². The van der Waals surface area contributed by atoms with Gasteiger partial charge in [0.15, 0.2) is 0 Å². The number of benzene rings is 2. The second-order valence-electron chi connectivity index (χ2n) is 11.1. The maximum Gasteiger partial charge on any atom is 0.335 e. The fourth-order valence-electron chi connectivity index (χ4n) is 6.15. The van der Waals surface area contributed by atoms with E-state index in [0.29, 0.717) is 13.0 Å². The molecule has 0 spiro atoms. The number of carboxylic acid groups (broad SMARTS) is 1. The number of ether oxygens (including phenoxy) is 1. The van der Waals surface area contributed by atoms with E-state index in [4.69, 9.17) is 4.74 Å². The molecule has 2 atom stereocenters. The number of likely N-dealkylation sites (N-methyl/N-ethyl adjacent to an activating group) is 1. The highest BCUT2D eigenvalue weighted by molar-refractivity contribution is 5.98. The molecular weight excluding hydrogens is 481 g/mol. The number of hydrogen-bond donors (Lipinski definition) is 1. The molecule has 0 unspecified atom stereocenters. The number of carbonyl (C=O) groups is 1. The number of aromatic carboxylic acids is 1. The minimum absolute atomic E-state index is 0.189. The van der Waals surface area contributed by atoms with Gasteiger partial charge in [0.1, 0.15) is 11.9 Å². The maximum absolute atomic E-state index is 15.6. The largest absolute Gasteiger partial charge is 0.494 e. The Bertz CT molecular complexity index is 1300. The topological polar surface area (TPSA) is 57.9 Å². The van der Waals surface area contributed by atoms with E-state index < -0.39 is 12.1 Å². The van der Waals surface area contributed by atoms with Gasteiger partial charge in [0.05, 0.1) is 17.9 Å². The van der Waals surface area contributed by atoms with E-state index in [9.17, 15) is 9.90 Å². The Morgan fingerprint density at radius 1 is 1.13 bits per heavy atom. The quantitative estimate of drug-likeness (QED) is 0.384. The number of rotatable bonds is 8. The molecule has 6 nitrogen and oxygen atoms in total. The molecule has 204 valence electrons. The molecule has 1 aliphatic heterocycles. The summed E-state index contributed by atoms with van der Waals surface area (Å²) >= 11 is 0. The lowest BCUT2D eigenvalue weighted by Gasteiger charge is -2.31. The summed E-state index contributed by atoms with van der Waals surface area (Å²) in [5, 5.41) is 10.8. The van der Waals surface area contributed by atoms with E-state index >= 15 is 4.39 Å². The second-order valence-corrected chi connectivity index (χ2v) is 11.1. The van der Waals surface area contributed by atoms with Crippen LogP contribution in [0.2, 0.25) is 0 Å². The molecule has 0 bridgehead atoms. The molecule has 3 aromatic rings. The number of fused-ring (bicyclic) bond motifs is 5. The Balaban J connectivity index is 1.73. The highest BCUT2D eigenvalue weighted by Gasteiger charge is 2.34. The number of halogens is 1. The summed E-state index contributed by atoms with van der Waals surface area (Å²) < 4.78 is 23.9. The van der Waals surface area contributed by atoms with Crippen molar-refractivity contribution in [1.82, 2.24) is 14.4 Å². The van der Waals surface area contributed by atoms with E-state index in [1.54, 1.807) is 12.1 Å². The fourth-order valence-corrected chi connectivity index (χ4v) is 6.15. The van der Waals surface area contributed by atoms with Crippen LogP contribution in [0.15, 0.2) is 36.4 Å². The molecule has 0 amide bonds. The van der Waals surface area contributed by atoms with E-state index in [1.165, 1.54) is 5.56 Å². The normalized spacial score (nSPS) is 20.1. The molecular formula is C31H40FN3O3. The summed E-state index contributed by atoms with van der Waals surface area (Å²) in [5.74, 6) is -0.273. The summed E-state index contributed by atoms with van der Waals surface area (Å²) in [6, 6.07) is 11.7. The lowest BCUT2D eigenvalue weighted by molar-refractivity contribution is 0.0697. The van der Waals surface area contributed by atoms with Crippen LogP contribution in [0, 0.1) is 0 Å². The SMILES string of the molecule is CCCOc1ccc2c(c1)CN(CCN(C)C)CCn1c-2c([C@H]2CCCC[C@@H]2F)c2ccc(C(=O)O)cc21. The smallest absolute Gasteiger partial charge is 0.335 e. The van der Waals surface area contributed by atoms with Gasteiger partial charge in [0, 0.05) is 55.1 Å². The minimum Gasteiger partial charge on any atom is -0.494 e. The Labute approximate surface area is 225 Å². The van der Waals surface area contributed by atoms with Gasteiger partial charge in [0.25, 0.3) is 0 Å². The molecule has 1 fully saturated rings. The first kappa shape index (κ1) is 26.7. The maximum atomic E-state index is 15.6. The molecule has 7 heteroatoms. The zero-order chi connectivity index (χ0) is 26.8. The third-order valence-electron chi connectivity index (χ3n) is 8.11. The highest BCUT2D eigenvalue weighted by atomic mass is 19.1. The van der Waals surface area contributed by atoms with E-state index in [1.807, 2.05) is 12.1 Å². The first-order valence-corrected chi connectivity index (χ1v) is 14.0. The van der Waals surface area contributed by atoms with Crippen molar-refractivity contribution in [3.63, 3.8) is 0 Å². The van der Waals surface area contributed by atoms with Gasteiger partial charge >= 0.3 is 5.97 Å². The molecule has 1 aliphatic carbocycles. The van der Waals surface area contributed by atoms with Crippen molar-refractivity contribution in [3.05, 3.63) is 53.1 Å². The third kappa shape index (κ3) is 5.32. The molecule has 2 heterocycles. The van der Waals surface area contributed by atoms with Crippen LogP contribution in [0.1, 0.15) is 66.4 Å². The number of alkyl halides is 1. The zero-order valence-corrected chi connectivity index (χ0v) is 22.9. The van der Waals surface area contributed by atoms with E-state index in [2.05, 4.69) is 47.5 Å². The van der Waals surface area contributed by atoms with Crippen LogP contribution in [0.5, 0.6) is 5.75 Å². The van der Waals surface area contributed by atoms with Crippen LogP contribution in [-0.2, 0) is 13.1 Å². The standard InChI is InChI=1S/C31H40FN3O3/c1-4-17-38-23-10-12-24-22(18-23)20-34(14-13-33(2)3)15-16-35-28-19-21(31(36)37)9-11-26(28)29(30(24)35)25-7-5-6-8-27(25)32/h9-12,18-19,25,27H,4-8,13-17,20H2,1-3H3,(H,36,37)/t25-,27-/m0/s1. The lowest BCUT2D eigenvalue weighted by atomic mass is 9.80. The Morgan fingerprint density at radius 2 is 1.95 bits per heavy atom. The minimum atomic E-state index is -0.943. The van der Waals surface area contributed by atoms with Gasteiger partial charge in [-0.15, -0.1) is 0 Å².